The number of carboxylic acids is 1. The zero-order valence-electron chi connectivity index (χ0n) is 11.3. The Hall–Kier alpha value is -1.62. The van der Waals surface area contributed by atoms with Gasteiger partial charge in [-0.3, -0.25) is 0 Å². The Labute approximate surface area is 113 Å². The molecule has 1 aromatic heterocycles. The maximum Gasteiger partial charge on any atom is 0.335 e. The summed E-state index contributed by atoms with van der Waals surface area (Å²) in [7, 11) is 0. The molecule has 19 heavy (non-hydrogen) atoms. The zero-order chi connectivity index (χ0) is 13.7. The Balaban J connectivity index is 1.83. The molecule has 0 radical (unpaired) electrons. The molecule has 0 saturated heterocycles. The van der Waals surface area contributed by atoms with E-state index in [0.717, 1.165) is 37.7 Å². The van der Waals surface area contributed by atoms with Gasteiger partial charge >= 0.3 is 5.97 Å². The van der Waals surface area contributed by atoms with Crippen LogP contribution in [-0.2, 0) is 6.42 Å². The van der Waals surface area contributed by atoms with Crippen molar-refractivity contribution < 1.29 is 9.90 Å². The molecule has 0 amide bonds. The summed E-state index contributed by atoms with van der Waals surface area (Å²) < 4.78 is 0. The highest BCUT2D eigenvalue weighted by Crippen LogP contribution is 2.18. The standard InChI is InChI=1S/C14H21N3O2/c1-2-11-8-10(14(18)19)9-13(17-11)16-7-3-6-15-12-4-5-12/h8-9,12,15H,2-7H2,1H3,(H,16,17)(H,18,19). The highest BCUT2D eigenvalue weighted by Gasteiger charge is 2.19. The lowest BCUT2D eigenvalue weighted by molar-refractivity contribution is 0.0696. The number of rotatable bonds is 8. The summed E-state index contributed by atoms with van der Waals surface area (Å²) in [5, 5.41) is 15.7. The van der Waals surface area contributed by atoms with Gasteiger partial charge in [-0.2, -0.15) is 0 Å². The highest BCUT2D eigenvalue weighted by atomic mass is 16.4. The molecule has 0 aliphatic heterocycles. The molecule has 1 saturated carbocycles. The van der Waals surface area contributed by atoms with Gasteiger partial charge in [-0.1, -0.05) is 6.92 Å². The number of carbonyl (C=O) groups is 1. The average molecular weight is 263 g/mol. The maximum atomic E-state index is 11.0. The number of carboxylic acid groups (broad SMARTS) is 1. The van der Waals surface area contributed by atoms with Gasteiger partial charge in [-0.05, 0) is 44.4 Å². The average Bonchev–Trinajstić information content (AvgIpc) is 3.22. The summed E-state index contributed by atoms with van der Waals surface area (Å²) in [6.45, 7) is 3.77. The second kappa shape index (κ2) is 6.52. The first-order valence-corrected chi connectivity index (χ1v) is 6.90. The number of aryl methyl sites for hydroxylation is 1. The van der Waals surface area contributed by atoms with Crippen molar-refractivity contribution in [2.75, 3.05) is 18.4 Å². The monoisotopic (exact) mass is 263 g/mol. The van der Waals surface area contributed by atoms with Crippen LogP contribution in [0.25, 0.3) is 0 Å². The molecule has 0 spiro atoms. The number of hydrogen-bond acceptors (Lipinski definition) is 4. The van der Waals surface area contributed by atoms with Crippen molar-refractivity contribution in [3.8, 4) is 0 Å². The van der Waals surface area contributed by atoms with E-state index in [1.807, 2.05) is 6.92 Å². The normalized spacial score (nSPS) is 14.4. The molecule has 0 aromatic carbocycles. The van der Waals surface area contributed by atoms with Gasteiger partial charge in [0.25, 0.3) is 0 Å². The SMILES string of the molecule is CCc1cc(C(=O)O)cc(NCCCNC2CC2)n1. The van der Waals surface area contributed by atoms with Crippen LogP contribution in [0.3, 0.4) is 0 Å². The Bertz CT molecular complexity index is 444. The van der Waals surface area contributed by atoms with Crippen LogP contribution >= 0.6 is 0 Å². The molecule has 0 unspecified atom stereocenters. The molecule has 1 aromatic rings. The Morgan fingerprint density at radius 2 is 2.21 bits per heavy atom. The van der Waals surface area contributed by atoms with Gasteiger partial charge < -0.3 is 15.7 Å². The lowest BCUT2D eigenvalue weighted by Gasteiger charge is -2.09. The molecule has 1 fully saturated rings. The first-order valence-electron chi connectivity index (χ1n) is 6.90. The van der Waals surface area contributed by atoms with Crippen LogP contribution in [-0.4, -0.2) is 35.2 Å². The zero-order valence-corrected chi connectivity index (χ0v) is 11.3. The third kappa shape index (κ3) is 4.52. The van der Waals surface area contributed by atoms with E-state index in [9.17, 15) is 4.79 Å². The number of hydrogen-bond donors (Lipinski definition) is 3. The second-order valence-electron chi connectivity index (χ2n) is 4.90. The summed E-state index contributed by atoms with van der Waals surface area (Å²) in [6.07, 6.45) is 4.35. The van der Waals surface area contributed by atoms with Crippen molar-refractivity contribution in [3.63, 3.8) is 0 Å². The van der Waals surface area contributed by atoms with E-state index in [0.29, 0.717) is 11.4 Å². The van der Waals surface area contributed by atoms with Gasteiger partial charge in [0, 0.05) is 18.3 Å². The van der Waals surface area contributed by atoms with Gasteiger partial charge in [0.2, 0.25) is 0 Å². The van der Waals surface area contributed by atoms with E-state index >= 15 is 0 Å². The summed E-state index contributed by atoms with van der Waals surface area (Å²) in [6, 6.07) is 3.96. The second-order valence-corrected chi connectivity index (χ2v) is 4.90. The molecule has 1 aliphatic carbocycles. The van der Waals surface area contributed by atoms with E-state index in [-0.39, 0.29) is 0 Å². The summed E-state index contributed by atoms with van der Waals surface area (Å²) in [5.74, 6) is -0.251. The molecular formula is C14H21N3O2. The topological polar surface area (TPSA) is 74.2 Å². The molecule has 3 N–H and O–H groups in total. The molecule has 104 valence electrons. The lowest BCUT2D eigenvalue weighted by Crippen LogP contribution is -2.20. The van der Waals surface area contributed by atoms with Crippen LogP contribution in [0.1, 0.15) is 42.2 Å². The molecule has 1 aliphatic rings. The third-order valence-electron chi connectivity index (χ3n) is 3.16. The largest absolute Gasteiger partial charge is 0.478 e. The fourth-order valence-corrected chi connectivity index (χ4v) is 1.88. The van der Waals surface area contributed by atoms with Crippen molar-refractivity contribution in [1.82, 2.24) is 10.3 Å². The molecule has 2 rings (SSSR count). The Kier molecular flexibility index (Phi) is 4.74. The van der Waals surface area contributed by atoms with E-state index in [2.05, 4.69) is 15.6 Å². The first kappa shape index (κ1) is 13.8. The van der Waals surface area contributed by atoms with Crippen LogP contribution in [0.15, 0.2) is 12.1 Å². The number of nitrogens with zero attached hydrogens (tertiary/aromatic N) is 1. The number of anilines is 1. The molecule has 5 nitrogen and oxygen atoms in total. The number of pyridine rings is 1. The van der Waals surface area contributed by atoms with Gasteiger partial charge in [0.15, 0.2) is 0 Å². The van der Waals surface area contributed by atoms with Crippen molar-refractivity contribution in [2.45, 2.75) is 38.6 Å². The van der Waals surface area contributed by atoms with Gasteiger partial charge in [0.05, 0.1) is 5.56 Å². The molecule has 1 heterocycles. The van der Waals surface area contributed by atoms with Crippen LogP contribution in [0.4, 0.5) is 5.82 Å². The fraction of sp³-hybridized carbons (Fsp3) is 0.571. The minimum Gasteiger partial charge on any atom is -0.478 e. The summed E-state index contributed by atoms with van der Waals surface area (Å²) in [5.41, 5.74) is 1.10. The lowest BCUT2D eigenvalue weighted by atomic mass is 10.2. The van der Waals surface area contributed by atoms with E-state index in [1.54, 1.807) is 12.1 Å². The summed E-state index contributed by atoms with van der Waals surface area (Å²) in [4.78, 5) is 15.4. The van der Waals surface area contributed by atoms with E-state index in [1.165, 1.54) is 12.8 Å². The quantitative estimate of drug-likeness (QED) is 0.625. The van der Waals surface area contributed by atoms with Crippen LogP contribution in [0.2, 0.25) is 0 Å². The molecule has 5 heteroatoms. The Morgan fingerprint density at radius 1 is 1.42 bits per heavy atom. The van der Waals surface area contributed by atoms with Crippen molar-refractivity contribution >= 4 is 11.8 Å². The first-order chi connectivity index (χ1) is 9.19. The van der Waals surface area contributed by atoms with Crippen molar-refractivity contribution in [2.24, 2.45) is 0 Å². The number of nitrogens with one attached hydrogen (secondary N) is 2. The maximum absolute atomic E-state index is 11.0. The number of aromatic carboxylic acids is 1. The molecular weight excluding hydrogens is 242 g/mol. The van der Waals surface area contributed by atoms with Crippen molar-refractivity contribution in [3.05, 3.63) is 23.4 Å². The predicted octanol–water partition coefficient (Wildman–Crippen LogP) is 1.90. The number of aromatic nitrogens is 1. The summed E-state index contributed by atoms with van der Waals surface area (Å²) >= 11 is 0. The van der Waals surface area contributed by atoms with Gasteiger partial charge in [0.1, 0.15) is 5.82 Å². The van der Waals surface area contributed by atoms with Crippen molar-refractivity contribution in [1.29, 1.82) is 0 Å². The van der Waals surface area contributed by atoms with E-state index < -0.39 is 5.97 Å². The van der Waals surface area contributed by atoms with Crippen LogP contribution in [0.5, 0.6) is 0 Å². The van der Waals surface area contributed by atoms with Gasteiger partial charge in [-0.25, -0.2) is 9.78 Å². The Morgan fingerprint density at radius 3 is 2.84 bits per heavy atom. The smallest absolute Gasteiger partial charge is 0.335 e. The predicted molar refractivity (Wildman–Crippen MR) is 74.7 cm³/mol. The highest BCUT2D eigenvalue weighted by molar-refractivity contribution is 5.88. The third-order valence-corrected chi connectivity index (χ3v) is 3.16. The molecule has 0 bridgehead atoms. The van der Waals surface area contributed by atoms with Crippen LogP contribution < -0.4 is 10.6 Å². The molecule has 0 atom stereocenters. The van der Waals surface area contributed by atoms with Gasteiger partial charge in [-0.15, -0.1) is 0 Å². The van der Waals surface area contributed by atoms with E-state index in [4.69, 9.17) is 5.11 Å². The minimum atomic E-state index is -0.907. The minimum absolute atomic E-state index is 0.297. The van der Waals surface area contributed by atoms with Crippen LogP contribution in [0, 0.1) is 0 Å². The fourth-order valence-electron chi connectivity index (χ4n) is 1.88.